The quantitative estimate of drug-likeness (QED) is 0.112. The molecular formula is C49H49N4O2S2+. The second-order valence-corrected chi connectivity index (χ2v) is 17.4. The molecular weight excluding hydrogens is 741 g/mol. The van der Waals surface area contributed by atoms with Crippen molar-refractivity contribution in [3.8, 4) is 20.9 Å². The number of carbonyl (C=O) groups is 1. The molecule has 0 radical (unpaired) electrons. The van der Waals surface area contributed by atoms with E-state index in [-0.39, 0.29) is 11.5 Å². The summed E-state index contributed by atoms with van der Waals surface area (Å²) in [6.45, 7) is 1.94. The van der Waals surface area contributed by atoms with E-state index in [4.69, 9.17) is 0 Å². The summed E-state index contributed by atoms with van der Waals surface area (Å²) < 4.78 is 0. The molecule has 0 unspecified atom stereocenters. The molecule has 5 aromatic rings. The number of benzene rings is 4. The smallest absolute Gasteiger partial charge is 0.239 e. The van der Waals surface area contributed by atoms with Gasteiger partial charge in [0.15, 0.2) is 0 Å². The van der Waals surface area contributed by atoms with E-state index in [0.29, 0.717) is 11.1 Å². The van der Waals surface area contributed by atoms with Crippen LogP contribution in [-0.2, 0) is 4.79 Å². The van der Waals surface area contributed by atoms with E-state index >= 15 is 0 Å². The van der Waals surface area contributed by atoms with Crippen LogP contribution in [-0.4, -0.2) is 67.3 Å². The standard InChI is InChI=1S/C49H48N4O2S2/c1-31(37-29-45(35-14-22-40(23-15-35)52(6)7)57-46(30-37)36-16-24-41(25-17-36)53(8)9)47-48(54)42(49(47)55)26-32-27-43(33-10-18-38(19-11-33)50(2)3)56-44(28-32)34-12-20-39(21-13-34)51(4)5/h10-30H,1-9H3/p+1. The molecule has 1 aliphatic carbocycles. The second-order valence-electron chi connectivity index (χ2n) is 15.2. The summed E-state index contributed by atoms with van der Waals surface area (Å²) in [5, 5.41) is 11.7. The van der Waals surface area contributed by atoms with Gasteiger partial charge in [0, 0.05) is 112 Å². The number of hydrogen-bond donors (Lipinski definition) is 1. The van der Waals surface area contributed by atoms with E-state index in [1.54, 1.807) is 23.1 Å². The summed E-state index contributed by atoms with van der Waals surface area (Å²) in [5.74, 6) is -0.132. The van der Waals surface area contributed by atoms with Crippen LogP contribution in [0.2, 0.25) is 0 Å². The van der Waals surface area contributed by atoms with Crippen LogP contribution in [0.4, 0.5) is 22.7 Å². The molecule has 0 amide bonds. The van der Waals surface area contributed by atoms with E-state index in [0.717, 1.165) is 81.3 Å². The molecule has 1 N–H and O–H groups in total. The Morgan fingerprint density at radius 3 is 1.25 bits per heavy atom. The van der Waals surface area contributed by atoms with E-state index < -0.39 is 0 Å². The number of aliphatic hydroxyl groups is 1. The van der Waals surface area contributed by atoms with E-state index in [9.17, 15) is 9.90 Å². The second kappa shape index (κ2) is 16.3. The van der Waals surface area contributed by atoms with Crippen molar-refractivity contribution in [2.75, 3.05) is 76.0 Å². The predicted octanol–water partition coefficient (Wildman–Crippen LogP) is 11.6. The number of anilines is 4. The monoisotopic (exact) mass is 789 g/mol. The van der Waals surface area contributed by atoms with Crippen molar-refractivity contribution < 1.29 is 9.90 Å². The first-order valence-electron chi connectivity index (χ1n) is 18.9. The highest BCUT2D eigenvalue weighted by molar-refractivity contribution is 8.16. The zero-order valence-electron chi connectivity index (χ0n) is 34.1. The third kappa shape index (κ3) is 8.34. The van der Waals surface area contributed by atoms with Crippen molar-refractivity contribution in [3.05, 3.63) is 166 Å². The lowest BCUT2D eigenvalue weighted by Gasteiger charge is -2.25. The molecule has 8 heteroatoms. The maximum absolute atomic E-state index is 14.1. The molecule has 2 heterocycles. The number of rotatable bonds is 10. The minimum Gasteiger partial charge on any atom is -0.506 e. The Kier molecular flexibility index (Phi) is 11.3. The zero-order valence-corrected chi connectivity index (χ0v) is 35.7. The summed E-state index contributed by atoms with van der Waals surface area (Å²) >= 11 is 3.42. The molecule has 1 aliphatic heterocycles. The number of nitrogens with zero attached hydrogens (tertiary/aromatic N) is 4. The Labute approximate surface area is 345 Å². The van der Waals surface area contributed by atoms with Crippen LogP contribution in [0.1, 0.15) is 23.6 Å². The number of ketones is 1. The largest absolute Gasteiger partial charge is 0.506 e. The lowest BCUT2D eigenvalue weighted by Crippen LogP contribution is -2.23. The Bertz CT molecular complexity index is 2350. The topological polar surface area (TPSA) is 50.3 Å². The maximum Gasteiger partial charge on any atom is 0.239 e. The van der Waals surface area contributed by atoms with Crippen molar-refractivity contribution in [1.82, 2.24) is 0 Å². The molecule has 0 fully saturated rings. The Balaban J connectivity index is 1.30. The molecule has 288 valence electrons. The molecule has 2 aliphatic rings. The van der Waals surface area contributed by atoms with Crippen molar-refractivity contribution >= 4 is 67.5 Å². The Morgan fingerprint density at radius 2 is 0.912 bits per heavy atom. The normalized spacial score (nSPS) is 14.6. The fourth-order valence-corrected chi connectivity index (χ4v) is 9.05. The molecule has 0 bridgehead atoms. The van der Waals surface area contributed by atoms with E-state index in [2.05, 4.69) is 141 Å². The first-order chi connectivity index (χ1) is 27.3. The summed E-state index contributed by atoms with van der Waals surface area (Å²) in [5.41, 5.74) is 12.0. The highest BCUT2D eigenvalue weighted by Gasteiger charge is 2.36. The van der Waals surface area contributed by atoms with Crippen LogP contribution in [0.25, 0.3) is 36.8 Å². The SMILES string of the molecule is CC(=C1C=C(c2ccc(N(C)C)cc2)SC(c2ccc(N(C)C)cc2)=C1)C1=C(O)C(=Cc2cc(-c3ccc(N(C)C)cc3)[s+]c(-c3ccc(N(C)C)cc3)c2)C1=O. The van der Waals surface area contributed by atoms with Gasteiger partial charge < -0.3 is 24.7 Å². The van der Waals surface area contributed by atoms with Gasteiger partial charge in [-0.1, -0.05) is 36.0 Å². The van der Waals surface area contributed by atoms with Gasteiger partial charge in [-0.05, 0) is 126 Å². The van der Waals surface area contributed by atoms with Crippen LogP contribution in [0.5, 0.6) is 0 Å². The number of Topliss-reactive ketones (excluding diaryl/α,β-unsaturated/α-hetero) is 1. The highest BCUT2D eigenvalue weighted by atomic mass is 32.2. The summed E-state index contributed by atoms with van der Waals surface area (Å²) in [6.07, 6.45) is 6.11. The first-order valence-corrected chi connectivity index (χ1v) is 20.5. The van der Waals surface area contributed by atoms with Crippen LogP contribution in [0.3, 0.4) is 0 Å². The van der Waals surface area contributed by atoms with Crippen molar-refractivity contribution in [1.29, 1.82) is 0 Å². The predicted molar refractivity (Wildman–Crippen MR) is 249 cm³/mol. The van der Waals surface area contributed by atoms with Gasteiger partial charge in [0.1, 0.15) is 5.76 Å². The van der Waals surface area contributed by atoms with Gasteiger partial charge in [0.05, 0.1) is 11.1 Å². The number of aliphatic hydroxyl groups excluding tert-OH is 1. The molecule has 7 rings (SSSR count). The minimum absolute atomic E-state index is 0.0279. The fraction of sp³-hybridized carbons (Fsp3) is 0.184. The van der Waals surface area contributed by atoms with Gasteiger partial charge in [-0.2, -0.15) is 0 Å². The maximum atomic E-state index is 14.1. The highest BCUT2D eigenvalue weighted by Crippen LogP contribution is 2.47. The molecule has 57 heavy (non-hydrogen) atoms. The number of allylic oxidation sites excluding steroid dienone is 6. The first kappa shape index (κ1) is 39.4. The molecule has 0 saturated heterocycles. The average Bonchev–Trinajstić information content (AvgIpc) is 3.22. The summed E-state index contributed by atoms with van der Waals surface area (Å²) in [7, 11) is 16.3. The Hall–Kier alpha value is -5.83. The zero-order chi connectivity index (χ0) is 40.5. The van der Waals surface area contributed by atoms with Crippen LogP contribution < -0.4 is 19.6 Å². The van der Waals surface area contributed by atoms with Gasteiger partial charge in [-0.15, -0.1) is 0 Å². The molecule has 0 saturated carbocycles. The molecule has 1 aromatic heterocycles. The number of thioether (sulfide) groups is 1. The van der Waals surface area contributed by atoms with Crippen molar-refractivity contribution in [3.63, 3.8) is 0 Å². The fourth-order valence-electron chi connectivity index (χ4n) is 6.80. The average molecular weight is 790 g/mol. The van der Waals surface area contributed by atoms with Crippen molar-refractivity contribution in [2.45, 2.75) is 6.92 Å². The lowest BCUT2D eigenvalue weighted by atomic mass is 9.81. The number of carbonyl (C=O) groups excluding carboxylic acids is 1. The van der Waals surface area contributed by atoms with Crippen LogP contribution >= 0.6 is 23.1 Å². The minimum atomic E-state index is -0.160. The molecule has 4 aromatic carbocycles. The third-order valence-corrected chi connectivity index (χ3v) is 12.7. The molecule has 6 nitrogen and oxygen atoms in total. The van der Waals surface area contributed by atoms with E-state index in [1.807, 2.05) is 69.4 Å². The van der Waals surface area contributed by atoms with E-state index in [1.165, 1.54) is 0 Å². The van der Waals surface area contributed by atoms with Gasteiger partial charge in [0.25, 0.3) is 0 Å². The van der Waals surface area contributed by atoms with Gasteiger partial charge >= 0.3 is 0 Å². The van der Waals surface area contributed by atoms with Gasteiger partial charge in [0.2, 0.25) is 26.9 Å². The van der Waals surface area contributed by atoms with Gasteiger partial charge in [-0.25, -0.2) is 0 Å². The van der Waals surface area contributed by atoms with Crippen molar-refractivity contribution in [2.24, 2.45) is 0 Å². The molecule has 0 spiro atoms. The lowest BCUT2D eigenvalue weighted by molar-refractivity contribution is -0.113. The van der Waals surface area contributed by atoms with Crippen LogP contribution in [0, 0.1) is 0 Å². The summed E-state index contributed by atoms with van der Waals surface area (Å²) in [4.78, 5) is 26.7. The molecule has 0 atom stereocenters. The summed E-state index contributed by atoms with van der Waals surface area (Å²) in [6, 6.07) is 38.3. The number of hydrogen-bond acceptors (Lipinski definition) is 7. The Morgan fingerprint density at radius 1 is 0.561 bits per heavy atom. The van der Waals surface area contributed by atoms with Crippen LogP contribution in [0.15, 0.2) is 149 Å². The third-order valence-electron chi connectivity index (χ3n) is 10.4. The van der Waals surface area contributed by atoms with Gasteiger partial charge in [-0.3, -0.25) is 4.79 Å².